The molecule has 1 aliphatic heterocycles. The molecule has 0 bridgehead atoms. The molecule has 0 saturated carbocycles. The van der Waals surface area contributed by atoms with E-state index in [0.717, 1.165) is 10.5 Å². The van der Waals surface area contributed by atoms with Crippen molar-refractivity contribution in [1.82, 2.24) is 10.2 Å². The van der Waals surface area contributed by atoms with E-state index in [9.17, 15) is 9.59 Å². The second-order valence-electron chi connectivity index (χ2n) is 4.68. The molecule has 3 amide bonds. The van der Waals surface area contributed by atoms with Crippen LogP contribution in [0, 0.1) is 0 Å². The largest absolute Gasteiger partial charge is 0.382 e. The number of rotatable bonds is 4. The lowest BCUT2D eigenvalue weighted by molar-refractivity contribution is -0.132. The Morgan fingerprint density at radius 3 is 2.68 bits per heavy atom. The van der Waals surface area contributed by atoms with Crippen LogP contribution in [-0.4, -0.2) is 36.1 Å². The number of hydrogen-bond donors (Lipinski definition) is 1. The summed E-state index contributed by atoms with van der Waals surface area (Å²) in [7, 11) is 1.49. The molecule has 1 aromatic rings. The Morgan fingerprint density at radius 1 is 1.37 bits per heavy atom. The second-order valence-corrected chi connectivity index (χ2v) is 5.09. The summed E-state index contributed by atoms with van der Waals surface area (Å²) in [6.45, 7) is 1.93. The zero-order valence-corrected chi connectivity index (χ0v) is 11.5. The van der Waals surface area contributed by atoms with Crippen molar-refractivity contribution in [3.05, 3.63) is 34.9 Å². The number of benzene rings is 1. The van der Waals surface area contributed by atoms with E-state index in [1.807, 2.05) is 6.07 Å². The fourth-order valence-corrected chi connectivity index (χ4v) is 2.27. The zero-order chi connectivity index (χ0) is 14.0. The molecule has 0 unspecified atom stereocenters. The fraction of sp³-hybridized carbons (Fsp3) is 0.385. The van der Waals surface area contributed by atoms with Gasteiger partial charge in [-0.05, 0) is 18.6 Å². The van der Waals surface area contributed by atoms with Crippen LogP contribution in [0.5, 0.6) is 0 Å². The lowest BCUT2D eigenvalue weighted by atomic mass is 10.0. The third-order valence-corrected chi connectivity index (χ3v) is 3.43. The minimum absolute atomic E-state index is 0.136. The Kier molecular flexibility index (Phi) is 3.78. The highest BCUT2D eigenvalue weighted by molar-refractivity contribution is 6.31. The summed E-state index contributed by atoms with van der Waals surface area (Å²) in [6.07, 6.45) is 0. The molecule has 0 aromatic heterocycles. The molecule has 0 spiro atoms. The third-order valence-electron chi connectivity index (χ3n) is 3.06. The van der Waals surface area contributed by atoms with Gasteiger partial charge in [-0.15, -0.1) is 0 Å². The number of halogens is 1. The molecule has 1 aliphatic rings. The average molecular weight is 283 g/mol. The number of amides is 3. The molecule has 1 atom stereocenters. The summed E-state index contributed by atoms with van der Waals surface area (Å²) in [4.78, 5) is 25.3. The van der Waals surface area contributed by atoms with E-state index >= 15 is 0 Å². The highest BCUT2D eigenvalue weighted by Crippen LogP contribution is 2.23. The van der Waals surface area contributed by atoms with Gasteiger partial charge in [0.1, 0.15) is 5.54 Å². The van der Waals surface area contributed by atoms with Gasteiger partial charge in [-0.25, -0.2) is 4.79 Å². The van der Waals surface area contributed by atoms with Crippen molar-refractivity contribution in [3.63, 3.8) is 0 Å². The Bertz CT molecular complexity index is 520. The number of carbonyl (C=O) groups excluding carboxylic acids is 2. The van der Waals surface area contributed by atoms with E-state index < -0.39 is 11.6 Å². The van der Waals surface area contributed by atoms with E-state index in [1.54, 1.807) is 25.1 Å². The topological polar surface area (TPSA) is 58.6 Å². The first kappa shape index (κ1) is 13.8. The highest BCUT2D eigenvalue weighted by Gasteiger charge is 2.47. The van der Waals surface area contributed by atoms with Crippen LogP contribution in [0.15, 0.2) is 24.3 Å². The number of urea groups is 1. The predicted octanol–water partition coefficient (Wildman–Crippen LogP) is 1.80. The van der Waals surface area contributed by atoms with Crippen LogP contribution < -0.4 is 5.32 Å². The van der Waals surface area contributed by atoms with Crippen molar-refractivity contribution >= 4 is 23.5 Å². The van der Waals surface area contributed by atoms with Crippen LogP contribution in [0.3, 0.4) is 0 Å². The molecule has 2 rings (SSSR count). The van der Waals surface area contributed by atoms with Gasteiger partial charge in [0.2, 0.25) is 0 Å². The molecule has 1 saturated heterocycles. The maximum Gasteiger partial charge on any atom is 0.325 e. The maximum atomic E-state index is 12.3. The van der Waals surface area contributed by atoms with Gasteiger partial charge in [0, 0.05) is 12.1 Å². The van der Waals surface area contributed by atoms with Gasteiger partial charge in [0.05, 0.1) is 13.2 Å². The summed E-state index contributed by atoms with van der Waals surface area (Å²) >= 11 is 6.04. The molecule has 1 fully saturated rings. The monoisotopic (exact) mass is 282 g/mol. The van der Waals surface area contributed by atoms with E-state index in [4.69, 9.17) is 16.3 Å². The van der Waals surface area contributed by atoms with E-state index in [0.29, 0.717) is 5.02 Å². The first-order valence-electron chi connectivity index (χ1n) is 5.84. The van der Waals surface area contributed by atoms with Gasteiger partial charge in [-0.1, -0.05) is 29.8 Å². The third kappa shape index (κ3) is 2.57. The van der Waals surface area contributed by atoms with Gasteiger partial charge in [0.25, 0.3) is 5.91 Å². The quantitative estimate of drug-likeness (QED) is 0.857. The number of carbonyl (C=O) groups is 2. The molecule has 5 nitrogen and oxygen atoms in total. The van der Waals surface area contributed by atoms with E-state index in [-0.39, 0.29) is 19.1 Å². The maximum absolute atomic E-state index is 12.3. The van der Waals surface area contributed by atoms with Crippen LogP contribution in [0.2, 0.25) is 5.02 Å². The summed E-state index contributed by atoms with van der Waals surface area (Å²) in [5.74, 6) is -0.306. The Morgan fingerprint density at radius 2 is 2.05 bits per heavy atom. The average Bonchev–Trinajstić information content (AvgIpc) is 2.56. The summed E-state index contributed by atoms with van der Waals surface area (Å²) in [6, 6.07) is 6.70. The number of ether oxygens (including phenoxy) is 1. The van der Waals surface area contributed by atoms with Gasteiger partial charge < -0.3 is 10.1 Å². The molecule has 1 N–H and O–H groups in total. The van der Waals surface area contributed by atoms with Crippen LogP contribution in [0.4, 0.5) is 4.79 Å². The SMILES string of the molecule is COC[C@]1(C)NC(=O)N(Cc2ccccc2Cl)C1=O. The minimum Gasteiger partial charge on any atom is -0.382 e. The van der Waals surface area contributed by atoms with Gasteiger partial charge in [-0.3, -0.25) is 9.69 Å². The molecule has 102 valence electrons. The molecular weight excluding hydrogens is 268 g/mol. The Balaban J connectivity index is 2.20. The summed E-state index contributed by atoms with van der Waals surface area (Å²) in [5.41, 5.74) is -0.276. The number of nitrogens with one attached hydrogen (secondary N) is 1. The van der Waals surface area contributed by atoms with Crippen molar-refractivity contribution < 1.29 is 14.3 Å². The molecule has 1 aromatic carbocycles. The van der Waals surface area contributed by atoms with Crippen molar-refractivity contribution in [2.24, 2.45) is 0 Å². The number of nitrogens with zero attached hydrogens (tertiary/aromatic N) is 1. The van der Waals surface area contributed by atoms with Crippen molar-refractivity contribution in [2.75, 3.05) is 13.7 Å². The molecule has 1 heterocycles. The van der Waals surface area contributed by atoms with Crippen molar-refractivity contribution in [3.8, 4) is 0 Å². The smallest absolute Gasteiger partial charge is 0.325 e. The summed E-state index contributed by atoms with van der Waals surface area (Å²) in [5, 5.41) is 3.17. The zero-order valence-electron chi connectivity index (χ0n) is 10.8. The molecular formula is C13H15ClN2O3. The molecule has 19 heavy (non-hydrogen) atoms. The van der Waals surface area contributed by atoms with Crippen molar-refractivity contribution in [1.29, 1.82) is 0 Å². The number of hydrogen-bond acceptors (Lipinski definition) is 3. The number of methoxy groups -OCH3 is 1. The van der Waals surface area contributed by atoms with Crippen LogP contribution >= 0.6 is 11.6 Å². The lowest BCUT2D eigenvalue weighted by Crippen LogP contribution is -2.47. The van der Waals surface area contributed by atoms with E-state index in [2.05, 4.69) is 5.32 Å². The Labute approximate surface area is 116 Å². The molecule has 0 aliphatic carbocycles. The molecule has 0 radical (unpaired) electrons. The van der Waals surface area contributed by atoms with Crippen LogP contribution in [0.25, 0.3) is 0 Å². The lowest BCUT2D eigenvalue weighted by Gasteiger charge is -2.20. The second kappa shape index (κ2) is 5.19. The first-order chi connectivity index (χ1) is 8.98. The summed E-state index contributed by atoms with van der Waals surface area (Å²) < 4.78 is 4.98. The standard InChI is InChI=1S/C13H15ClN2O3/c1-13(8-19-2)11(17)16(12(18)15-13)7-9-5-3-4-6-10(9)14/h3-6H,7-8H2,1-2H3,(H,15,18)/t13-/m0/s1. The van der Waals surface area contributed by atoms with Gasteiger partial charge >= 0.3 is 6.03 Å². The molecule has 6 heteroatoms. The van der Waals surface area contributed by atoms with Gasteiger partial charge in [0.15, 0.2) is 0 Å². The van der Waals surface area contributed by atoms with Crippen LogP contribution in [0.1, 0.15) is 12.5 Å². The highest BCUT2D eigenvalue weighted by atomic mass is 35.5. The normalized spacial score (nSPS) is 22.8. The van der Waals surface area contributed by atoms with Gasteiger partial charge in [-0.2, -0.15) is 0 Å². The van der Waals surface area contributed by atoms with Crippen molar-refractivity contribution in [2.45, 2.75) is 19.0 Å². The number of imide groups is 1. The predicted molar refractivity (Wildman–Crippen MR) is 70.8 cm³/mol. The Hall–Kier alpha value is -1.59. The van der Waals surface area contributed by atoms with E-state index in [1.165, 1.54) is 7.11 Å². The fourth-order valence-electron chi connectivity index (χ4n) is 2.07. The minimum atomic E-state index is -1.01. The van der Waals surface area contributed by atoms with Crippen LogP contribution in [-0.2, 0) is 16.1 Å². The first-order valence-corrected chi connectivity index (χ1v) is 6.22.